The van der Waals surface area contributed by atoms with Gasteiger partial charge in [-0.05, 0) is 36.1 Å². The molecule has 0 amide bonds. The summed E-state index contributed by atoms with van der Waals surface area (Å²) in [6, 6.07) is 13.6. The number of rotatable bonds is 15. The van der Waals surface area contributed by atoms with Crippen LogP contribution < -0.4 is 5.32 Å². The molecule has 1 heterocycles. The summed E-state index contributed by atoms with van der Waals surface area (Å²) in [6.07, 6.45) is 8.78. The summed E-state index contributed by atoms with van der Waals surface area (Å²) in [7, 11) is 0. The zero-order valence-corrected chi connectivity index (χ0v) is 21.5. The van der Waals surface area contributed by atoms with Crippen molar-refractivity contribution >= 4 is 11.3 Å². The second kappa shape index (κ2) is 14.4. The largest absolute Gasteiger partial charge is 0.416 e. The SMILES string of the molecule is CCCCCCCCCCCc1csc(-c2ccc(CNCc3ccc(C(F)(F)F)cc3)cc2)n1. The predicted octanol–water partition coefficient (Wildman–Crippen LogP) is 9.19. The number of unbranched alkanes of at least 4 members (excludes halogenated alkanes) is 8. The highest BCUT2D eigenvalue weighted by Gasteiger charge is 2.29. The van der Waals surface area contributed by atoms with Gasteiger partial charge >= 0.3 is 6.18 Å². The van der Waals surface area contributed by atoms with Gasteiger partial charge in [0.15, 0.2) is 0 Å². The van der Waals surface area contributed by atoms with Crippen molar-refractivity contribution in [2.45, 2.75) is 90.4 Å². The minimum absolute atomic E-state index is 0.522. The lowest BCUT2D eigenvalue weighted by molar-refractivity contribution is -0.137. The van der Waals surface area contributed by atoms with E-state index in [-0.39, 0.29) is 0 Å². The van der Waals surface area contributed by atoms with Crippen molar-refractivity contribution in [3.63, 3.8) is 0 Å². The molecule has 0 saturated carbocycles. The molecule has 0 atom stereocenters. The Bertz CT molecular complexity index is 978. The van der Waals surface area contributed by atoms with Crippen LogP contribution in [0.15, 0.2) is 53.9 Å². The summed E-state index contributed by atoms with van der Waals surface area (Å²) in [5.41, 5.74) is 3.66. The van der Waals surface area contributed by atoms with E-state index in [1.54, 1.807) is 11.3 Å². The molecule has 0 saturated heterocycles. The molecule has 0 spiro atoms. The minimum atomic E-state index is -4.29. The van der Waals surface area contributed by atoms with Crippen molar-refractivity contribution in [3.05, 3.63) is 76.3 Å². The molecule has 0 unspecified atom stereocenters. The molecule has 1 aromatic heterocycles. The monoisotopic (exact) mass is 502 g/mol. The lowest BCUT2D eigenvalue weighted by Crippen LogP contribution is -2.13. The lowest BCUT2D eigenvalue weighted by Gasteiger charge is -2.09. The standard InChI is InChI=1S/C29H37F3N2S/c1-2-3-4-5-6-7-8-9-10-11-27-22-35-28(34-27)25-16-12-23(13-17-25)20-33-21-24-14-18-26(19-15-24)29(30,31)32/h12-19,22,33H,2-11,20-21H2,1H3. The number of hydrogen-bond donors (Lipinski definition) is 1. The minimum Gasteiger partial charge on any atom is -0.309 e. The van der Waals surface area contributed by atoms with Gasteiger partial charge in [0.2, 0.25) is 0 Å². The number of aromatic nitrogens is 1. The summed E-state index contributed by atoms with van der Waals surface area (Å²) < 4.78 is 38.0. The van der Waals surface area contributed by atoms with Crippen molar-refractivity contribution in [1.82, 2.24) is 10.3 Å². The summed E-state index contributed by atoms with van der Waals surface area (Å²) >= 11 is 1.70. The smallest absolute Gasteiger partial charge is 0.309 e. The highest BCUT2D eigenvalue weighted by Crippen LogP contribution is 2.29. The fraction of sp³-hybridized carbons (Fsp3) is 0.483. The van der Waals surface area contributed by atoms with Gasteiger partial charge in [0, 0.05) is 24.0 Å². The Kier molecular flexibility index (Phi) is 11.3. The molecule has 190 valence electrons. The van der Waals surface area contributed by atoms with Crippen LogP contribution in [-0.2, 0) is 25.7 Å². The van der Waals surface area contributed by atoms with Gasteiger partial charge in [0.1, 0.15) is 5.01 Å². The maximum atomic E-state index is 12.7. The predicted molar refractivity (Wildman–Crippen MR) is 140 cm³/mol. The van der Waals surface area contributed by atoms with Crippen LogP contribution in [0.2, 0.25) is 0 Å². The second-order valence-electron chi connectivity index (χ2n) is 9.22. The molecule has 0 radical (unpaired) electrons. The molecule has 6 heteroatoms. The van der Waals surface area contributed by atoms with E-state index in [1.165, 1.54) is 75.6 Å². The highest BCUT2D eigenvalue weighted by molar-refractivity contribution is 7.13. The molecule has 0 aliphatic rings. The number of halogens is 3. The first-order valence-electron chi connectivity index (χ1n) is 12.9. The molecule has 0 fully saturated rings. The molecule has 0 bridgehead atoms. The van der Waals surface area contributed by atoms with Crippen LogP contribution in [0.3, 0.4) is 0 Å². The second-order valence-corrected chi connectivity index (χ2v) is 10.1. The molecular weight excluding hydrogens is 465 g/mol. The first kappa shape index (κ1) is 27.4. The summed E-state index contributed by atoms with van der Waals surface area (Å²) in [6.45, 7) is 3.44. The van der Waals surface area contributed by atoms with E-state index < -0.39 is 11.7 Å². The van der Waals surface area contributed by atoms with Crippen molar-refractivity contribution in [3.8, 4) is 10.6 Å². The Hall–Kier alpha value is -2.18. The van der Waals surface area contributed by atoms with Crippen LogP contribution in [0.1, 0.15) is 87.1 Å². The molecule has 1 N–H and O–H groups in total. The summed E-state index contributed by atoms with van der Waals surface area (Å²) in [5, 5.41) is 6.53. The van der Waals surface area contributed by atoms with Crippen molar-refractivity contribution in [2.24, 2.45) is 0 Å². The van der Waals surface area contributed by atoms with Crippen molar-refractivity contribution in [2.75, 3.05) is 0 Å². The number of hydrogen-bond acceptors (Lipinski definition) is 3. The fourth-order valence-electron chi connectivity index (χ4n) is 4.10. The zero-order chi connectivity index (χ0) is 24.9. The molecule has 0 aliphatic heterocycles. The molecule has 3 rings (SSSR count). The number of nitrogens with zero attached hydrogens (tertiary/aromatic N) is 1. The highest BCUT2D eigenvalue weighted by atomic mass is 32.1. The van der Waals surface area contributed by atoms with E-state index in [2.05, 4.69) is 41.9 Å². The van der Waals surface area contributed by atoms with Gasteiger partial charge in [-0.15, -0.1) is 11.3 Å². The van der Waals surface area contributed by atoms with Crippen LogP contribution in [0.25, 0.3) is 10.6 Å². The van der Waals surface area contributed by atoms with Crippen LogP contribution in [-0.4, -0.2) is 4.98 Å². The Morgan fingerprint density at radius 1 is 0.743 bits per heavy atom. The molecule has 2 aromatic carbocycles. The maximum Gasteiger partial charge on any atom is 0.416 e. The van der Waals surface area contributed by atoms with Crippen LogP contribution in [0, 0.1) is 0 Å². The van der Waals surface area contributed by atoms with Gasteiger partial charge in [-0.3, -0.25) is 0 Å². The third kappa shape index (κ3) is 9.77. The third-order valence-corrected chi connectivity index (χ3v) is 7.17. The van der Waals surface area contributed by atoms with E-state index in [0.717, 1.165) is 40.3 Å². The average molecular weight is 503 g/mol. The lowest BCUT2D eigenvalue weighted by atomic mass is 10.1. The van der Waals surface area contributed by atoms with Gasteiger partial charge in [-0.1, -0.05) is 94.7 Å². The molecule has 35 heavy (non-hydrogen) atoms. The zero-order valence-electron chi connectivity index (χ0n) is 20.7. The topological polar surface area (TPSA) is 24.9 Å². The van der Waals surface area contributed by atoms with Crippen LogP contribution >= 0.6 is 11.3 Å². The van der Waals surface area contributed by atoms with Gasteiger partial charge in [0.25, 0.3) is 0 Å². The Balaban J connectivity index is 1.35. The number of aryl methyl sites for hydroxylation is 1. The first-order chi connectivity index (χ1) is 17.0. The van der Waals surface area contributed by atoms with Gasteiger partial charge in [-0.25, -0.2) is 4.98 Å². The van der Waals surface area contributed by atoms with E-state index in [1.807, 2.05) is 0 Å². The molecule has 2 nitrogen and oxygen atoms in total. The quantitative estimate of drug-likeness (QED) is 0.210. The normalized spacial score (nSPS) is 11.8. The number of benzene rings is 2. The molecule has 3 aromatic rings. The van der Waals surface area contributed by atoms with Gasteiger partial charge < -0.3 is 5.32 Å². The van der Waals surface area contributed by atoms with E-state index >= 15 is 0 Å². The number of alkyl halides is 3. The van der Waals surface area contributed by atoms with Crippen molar-refractivity contribution < 1.29 is 13.2 Å². The Morgan fingerprint density at radius 3 is 1.86 bits per heavy atom. The van der Waals surface area contributed by atoms with Crippen LogP contribution in [0.4, 0.5) is 13.2 Å². The Labute approximate surface area is 212 Å². The average Bonchev–Trinajstić information content (AvgIpc) is 3.32. The van der Waals surface area contributed by atoms with Crippen molar-refractivity contribution in [1.29, 1.82) is 0 Å². The summed E-state index contributed by atoms with van der Waals surface area (Å²) in [5.74, 6) is 0. The van der Waals surface area contributed by atoms with Gasteiger partial charge in [0.05, 0.1) is 11.3 Å². The maximum absolute atomic E-state index is 12.7. The molecule has 0 aliphatic carbocycles. The first-order valence-corrected chi connectivity index (χ1v) is 13.7. The van der Waals surface area contributed by atoms with E-state index in [4.69, 9.17) is 4.98 Å². The fourth-order valence-corrected chi connectivity index (χ4v) is 4.96. The third-order valence-electron chi connectivity index (χ3n) is 6.23. The number of thiazole rings is 1. The van der Waals surface area contributed by atoms with Crippen LogP contribution in [0.5, 0.6) is 0 Å². The van der Waals surface area contributed by atoms with E-state index in [9.17, 15) is 13.2 Å². The van der Waals surface area contributed by atoms with Gasteiger partial charge in [-0.2, -0.15) is 13.2 Å². The Morgan fingerprint density at radius 2 is 1.29 bits per heavy atom. The number of nitrogens with one attached hydrogen (secondary N) is 1. The molecular formula is C29H37F3N2S. The van der Waals surface area contributed by atoms with E-state index in [0.29, 0.717) is 13.1 Å². The summed E-state index contributed by atoms with van der Waals surface area (Å²) in [4.78, 5) is 4.83.